The van der Waals surface area contributed by atoms with Crippen LogP contribution in [0.25, 0.3) is 0 Å². The number of rotatable bonds is 7. The van der Waals surface area contributed by atoms with Crippen molar-refractivity contribution in [2.45, 2.75) is 32.6 Å². The third-order valence-corrected chi connectivity index (χ3v) is 4.41. The number of nitrogens with one attached hydrogen (secondary N) is 1. The molecule has 4 nitrogen and oxygen atoms in total. The van der Waals surface area contributed by atoms with Crippen LogP contribution in [0.15, 0.2) is 42.0 Å². The molecule has 1 aliphatic carbocycles. The first-order valence-electron chi connectivity index (χ1n) is 8.04. The summed E-state index contributed by atoms with van der Waals surface area (Å²) in [4.78, 5) is 12.2. The van der Waals surface area contributed by atoms with Gasteiger partial charge in [-0.2, -0.15) is 5.26 Å². The molecule has 2 N–H and O–H groups in total. The van der Waals surface area contributed by atoms with E-state index in [0.29, 0.717) is 12.5 Å². The zero-order chi connectivity index (χ0) is 16.9. The third-order valence-electron chi connectivity index (χ3n) is 4.41. The fourth-order valence-corrected chi connectivity index (χ4v) is 2.59. The van der Waals surface area contributed by atoms with Crippen molar-refractivity contribution >= 4 is 5.91 Å². The third kappa shape index (κ3) is 4.67. The molecule has 122 valence electrons. The molecule has 0 aromatic heterocycles. The van der Waals surface area contributed by atoms with Crippen LogP contribution >= 0.6 is 0 Å². The zero-order valence-corrected chi connectivity index (χ0v) is 13.7. The highest BCUT2D eigenvalue weighted by Gasteiger charge is 2.31. The summed E-state index contributed by atoms with van der Waals surface area (Å²) in [6.07, 6.45) is 3.88. The molecule has 0 heterocycles. The van der Waals surface area contributed by atoms with E-state index in [1.165, 1.54) is 0 Å². The van der Waals surface area contributed by atoms with E-state index in [2.05, 4.69) is 5.32 Å². The maximum atomic E-state index is 12.2. The van der Waals surface area contributed by atoms with Gasteiger partial charge >= 0.3 is 0 Å². The Bertz CT molecular complexity index is 610. The molecular weight excluding hydrogens is 288 g/mol. The monoisotopic (exact) mass is 312 g/mol. The van der Waals surface area contributed by atoms with Crippen LogP contribution in [0.1, 0.15) is 38.2 Å². The lowest BCUT2D eigenvalue weighted by atomic mass is 9.75. The van der Waals surface area contributed by atoms with Crippen LogP contribution in [0.2, 0.25) is 0 Å². The minimum Gasteiger partial charge on any atom is -0.396 e. The van der Waals surface area contributed by atoms with Crippen molar-refractivity contribution in [2.75, 3.05) is 13.2 Å². The van der Waals surface area contributed by atoms with Crippen molar-refractivity contribution in [1.82, 2.24) is 5.32 Å². The standard InChI is InChI=1S/C19H24N2O2/c1-19(2,13-22)17(15-6-4-3-5-7-15)12-21-18(23)16(11-20)10-14-8-9-14/h3-7,10,14,17,22H,8-9,12-13H2,1-2H3,(H,21,23). The summed E-state index contributed by atoms with van der Waals surface area (Å²) in [5.41, 5.74) is 0.888. The van der Waals surface area contributed by atoms with Crippen molar-refractivity contribution in [3.05, 3.63) is 47.5 Å². The SMILES string of the molecule is CC(C)(CO)C(CNC(=O)C(C#N)=CC1CC1)c1ccccc1. The van der Waals surface area contributed by atoms with Gasteiger partial charge in [-0.05, 0) is 29.7 Å². The van der Waals surface area contributed by atoms with Gasteiger partial charge in [0.25, 0.3) is 5.91 Å². The van der Waals surface area contributed by atoms with Gasteiger partial charge in [-0.15, -0.1) is 0 Å². The number of benzene rings is 1. The second-order valence-electron chi connectivity index (χ2n) is 6.85. The Morgan fingerprint density at radius 1 is 1.43 bits per heavy atom. The molecule has 1 atom stereocenters. The summed E-state index contributed by atoms with van der Waals surface area (Å²) in [5.74, 6) is 0.0294. The average Bonchev–Trinajstić information content (AvgIpc) is 3.37. The predicted molar refractivity (Wildman–Crippen MR) is 89.5 cm³/mol. The van der Waals surface area contributed by atoms with Crippen LogP contribution in [0.4, 0.5) is 0 Å². The molecule has 0 aliphatic heterocycles. The molecular formula is C19H24N2O2. The zero-order valence-electron chi connectivity index (χ0n) is 13.7. The molecule has 0 spiro atoms. The van der Waals surface area contributed by atoms with Gasteiger partial charge in [-0.3, -0.25) is 4.79 Å². The Kier molecular flexibility index (Phi) is 5.57. The maximum absolute atomic E-state index is 12.2. The topological polar surface area (TPSA) is 73.1 Å². The first kappa shape index (κ1) is 17.2. The minimum absolute atomic E-state index is 0.0193. The van der Waals surface area contributed by atoms with Gasteiger partial charge in [0.15, 0.2) is 0 Å². The predicted octanol–water partition coefficient (Wildman–Crippen LogP) is 2.76. The summed E-state index contributed by atoms with van der Waals surface area (Å²) in [5, 5.41) is 21.7. The Balaban J connectivity index is 2.09. The number of hydrogen-bond donors (Lipinski definition) is 2. The number of aliphatic hydroxyl groups is 1. The minimum atomic E-state index is -0.373. The first-order chi connectivity index (χ1) is 11.0. The molecule has 1 amide bonds. The summed E-state index contributed by atoms with van der Waals surface area (Å²) in [7, 11) is 0. The number of allylic oxidation sites excluding steroid dienone is 1. The molecule has 1 aromatic rings. The van der Waals surface area contributed by atoms with Crippen LogP contribution < -0.4 is 5.32 Å². The molecule has 0 bridgehead atoms. The van der Waals surface area contributed by atoms with Crippen LogP contribution in [0.5, 0.6) is 0 Å². The smallest absolute Gasteiger partial charge is 0.261 e. The van der Waals surface area contributed by atoms with E-state index in [1.54, 1.807) is 6.08 Å². The lowest BCUT2D eigenvalue weighted by molar-refractivity contribution is -0.117. The first-order valence-corrected chi connectivity index (χ1v) is 8.04. The second-order valence-corrected chi connectivity index (χ2v) is 6.85. The van der Waals surface area contributed by atoms with E-state index in [4.69, 9.17) is 5.26 Å². The van der Waals surface area contributed by atoms with Crippen molar-refractivity contribution < 1.29 is 9.90 Å². The quantitative estimate of drug-likeness (QED) is 0.600. The number of carbonyl (C=O) groups excluding carboxylic acids is 1. The van der Waals surface area contributed by atoms with E-state index >= 15 is 0 Å². The molecule has 1 fully saturated rings. The highest BCUT2D eigenvalue weighted by Crippen LogP contribution is 2.35. The fourth-order valence-electron chi connectivity index (χ4n) is 2.59. The molecule has 1 aliphatic rings. The van der Waals surface area contributed by atoms with Gasteiger partial charge in [-0.1, -0.05) is 50.3 Å². The Labute approximate surface area is 137 Å². The van der Waals surface area contributed by atoms with Gasteiger partial charge in [0.1, 0.15) is 11.6 Å². The van der Waals surface area contributed by atoms with E-state index in [0.717, 1.165) is 18.4 Å². The van der Waals surface area contributed by atoms with Gasteiger partial charge in [0.05, 0.1) is 0 Å². The highest BCUT2D eigenvalue weighted by atomic mass is 16.3. The van der Waals surface area contributed by atoms with E-state index < -0.39 is 0 Å². The van der Waals surface area contributed by atoms with Gasteiger partial charge in [0.2, 0.25) is 0 Å². The normalized spacial score (nSPS) is 16.5. The van der Waals surface area contributed by atoms with Crippen molar-refractivity contribution in [2.24, 2.45) is 11.3 Å². The Morgan fingerprint density at radius 2 is 2.09 bits per heavy atom. The van der Waals surface area contributed by atoms with Gasteiger partial charge in [-0.25, -0.2) is 0 Å². The maximum Gasteiger partial charge on any atom is 0.261 e. The summed E-state index contributed by atoms with van der Waals surface area (Å²) < 4.78 is 0. The van der Waals surface area contributed by atoms with Crippen LogP contribution in [0, 0.1) is 22.7 Å². The van der Waals surface area contributed by atoms with Crippen LogP contribution in [-0.2, 0) is 4.79 Å². The number of hydrogen-bond acceptors (Lipinski definition) is 3. The van der Waals surface area contributed by atoms with Crippen LogP contribution in [-0.4, -0.2) is 24.2 Å². The number of carbonyl (C=O) groups is 1. The summed E-state index contributed by atoms with van der Waals surface area (Å²) in [6, 6.07) is 11.8. The van der Waals surface area contributed by atoms with Gasteiger partial charge in [0, 0.05) is 19.1 Å². The molecule has 1 saturated carbocycles. The average molecular weight is 312 g/mol. The lowest BCUT2D eigenvalue weighted by Gasteiger charge is -2.33. The van der Waals surface area contributed by atoms with E-state index in [-0.39, 0.29) is 29.4 Å². The summed E-state index contributed by atoms with van der Waals surface area (Å²) in [6.45, 7) is 4.36. The number of amides is 1. The van der Waals surface area contributed by atoms with Crippen LogP contribution in [0.3, 0.4) is 0 Å². The van der Waals surface area contributed by atoms with Crippen molar-refractivity contribution in [3.8, 4) is 6.07 Å². The van der Waals surface area contributed by atoms with E-state index in [1.807, 2.05) is 50.2 Å². The van der Waals surface area contributed by atoms with E-state index in [9.17, 15) is 9.90 Å². The molecule has 0 saturated heterocycles. The molecule has 0 radical (unpaired) electrons. The molecule has 1 aromatic carbocycles. The number of nitriles is 1. The molecule has 4 heteroatoms. The number of aliphatic hydroxyl groups excluding tert-OH is 1. The highest BCUT2D eigenvalue weighted by molar-refractivity contribution is 5.97. The molecule has 23 heavy (non-hydrogen) atoms. The van der Waals surface area contributed by atoms with Crippen molar-refractivity contribution in [3.63, 3.8) is 0 Å². The van der Waals surface area contributed by atoms with Gasteiger partial charge < -0.3 is 10.4 Å². The second kappa shape index (κ2) is 7.43. The Hall–Kier alpha value is -2.12. The Morgan fingerprint density at radius 3 is 2.61 bits per heavy atom. The van der Waals surface area contributed by atoms with Crippen molar-refractivity contribution in [1.29, 1.82) is 5.26 Å². The largest absolute Gasteiger partial charge is 0.396 e. The lowest BCUT2D eigenvalue weighted by Crippen LogP contribution is -2.37. The number of nitrogens with zero attached hydrogens (tertiary/aromatic N) is 1. The molecule has 1 unspecified atom stereocenters. The molecule has 2 rings (SSSR count). The fraction of sp³-hybridized carbons (Fsp3) is 0.474. The summed E-state index contributed by atoms with van der Waals surface area (Å²) >= 11 is 0.